The SMILES string of the molecule is CC=CCOc1ccc(CC(COC(C)=O)NC)cc1. The summed E-state index contributed by atoms with van der Waals surface area (Å²) in [5, 5.41) is 3.14. The number of carbonyl (C=O) groups excluding carboxylic acids is 1. The van der Waals surface area contributed by atoms with Gasteiger partial charge in [0.05, 0.1) is 0 Å². The van der Waals surface area contributed by atoms with E-state index in [1.54, 1.807) is 0 Å². The van der Waals surface area contributed by atoms with Gasteiger partial charge in [0, 0.05) is 13.0 Å². The maximum Gasteiger partial charge on any atom is 0.302 e. The van der Waals surface area contributed by atoms with Crippen molar-refractivity contribution in [1.29, 1.82) is 0 Å². The normalized spacial score (nSPS) is 12.3. The highest BCUT2D eigenvalue weighted by Gasteiger charge is 2.09. The molecule has 20 heavy (non-hydrogen) atoms. The predicted octanol–water partition coefficient (Wildman–Crippen LogP) is 2.34. The van der Waals surface area contributed by atoms with E-state index < -0.39 is 0 Å². The molecule has 1 unspecified atom stereocenters. The molecule has 1 N–H and O–H groups in total. The van der Waals surface area contributed by atoms with Crippen LogP contribution >= 0.6 is 0 Å². The molecule has 0 saturated heterocycles. The minimum absolute atomic E-state index is 0.119. The fourth-order valence-corrected chi connectivity index (χ4v) is 1.71. The number of hydrogen-bond donors (Lipinski definition) is 1. The van der Waals surface area contributed by atoms with Gasteiger partial charge in [-0.05, 0) is 38.1 Å². The van der Waals surface area contributed by atoms with Gasteiger partial charge in [-0.15, -0.1) is 0 Å². The van der Waals surface area contributed by atoms with Crippen molar-refractivity contribution >= 4 is 5.97 Å². The minimum atomic E-state index is -0.252. The Balaban J connectivity index is 2.48. The number of hydrogen-bond acceptors (Lipinski definition) is 4. The molecule has 0 spiro atoms. The minimum Gasteiger partial charge on any atom is -0.490 e. The summed E-state index contributed by atoms with van der Waals surface area (Å²) >= 11 is 0. The molecule has 0 bridgehead atoms. The fourth-order valence-electron chi connectivity index (χ4n) is 1.71. The summed E-state index contributed by atoms with van der Waals surface area (Å²) in [6.45, 7) is 4.35. The zero-order valence-electron chi connectivity index (χ0n) is 12.4. The molecule has 0 aliphatic rings. The zero-order chi connectivity index (χ0) is 14.8. The van der Waals surface area contributed by atoms with Gasteiger partial charge in [-0.25, -0.2) is 0 Å². The van der Waals surface area contributed by atoms with Crippen LogP contribution in [0.5, 0.6) is 5.75 Å². The van der Waals surface area contributed by atoms with Crippen LogP contribution in [0.2, 0.25) is 0 Å². The fraction of sp³-hybridized carbons (Fsp3) is 0.438. The Morgan fingerprint density at radius 1 is 1.35 bits per heavy atom. The number of ether oxygens (including phenoxy) is 2. The lowest BCUT2D eigenvalue weighted by Gasteiger charge is -2.16. The molecule has 0 radical (unpaired) electrons. The van der Waals surface area contributed by atoms with E-state index >= 15 is 0 Å². The molecule has 1 aromatic rings. The van der Waals surface area contributed by atoms with Crippen LogP contribution in [0, 0.1) is 0 Å². The molecule has 0 heterocycles. The van der Waals surface area contributed by atoms with Gasteiger partial charge in [0.25, 0.3) is 0 Å². The summed E-state index contributed by atoms with van der Waals surface area (Å²) in [7, 11) is 1.86. The first-order valence-corrected chi connectivity index (χ1v) is 6.79. The first-order chi connectivity index (χ1) is 9.65. The van der Waals surface area contributed by atoms with Gasteiger partial charge in [0.2, 0.25) is 0 Å². The number of esters is 1. The predicted molar refractivity (Wildman–Crippen MR) is 79.9 cm³/mol. The number of likely N-dealkylation sites (N-methyl/N-ethyl adjacent to an activating group) is 1. The summed E-state index contributed by atoms with van der Waals surface area (Å²) in [5.41, 5.74) is 1.18. The van der Waals surface area contributed by atoms with Crippen LogP contribution in [0.1, 0.15) is 19.4 Å². The Kier molecular flexibility index (Phi) is 7.43. The monoisotopic (exact) mass is 277 g/mol. The van der Waals surface area contributed by atoms with E-state index in [-0.39, 0.29) is 12.0 Å². The van der Waals surface area contributed by atoms with Crippen molar-refractivity contribution in [2.45, 2.75) is 26.3 Å². The number of nitrogens with one attached hydrogen (secondary N) is 1. The molecule has 0 fully saturated rings. The smallest absolute Gasteiger partial charge is 0.302 e. The highest BCUT2D eigenvalue weighted by atomic mass is 16.5. The summed E-state index contributed by atoms with van der Waals surface area (Å²) in [6.07, 6.45) is 4.73. The molecule has 0 aliphatic heterocycles. The van der Waals surface area contributed by atoms with E-state index in [0.29, 0.717) is 13.2 Å². The summed E-state index contributed by atoms with van der Waals surface area (Å²) < 4.78 is 10.6. The van der Waals surface area contributed by atoms with Crippen LogP contribution in [0.3, 0.4) is 0 Å². The van der Waals surface area contributed by atoms with Crippen molar-refractivity contribution in [3.63, 3.8) is 0 Å². The van der Waals surface area contributed by atoms with Crippen molar-refractivity contribution < 1.29 is 14.3 Å². The van der Waals surface area contributed by atoms with Gasteiger partial charge < -0.3 is 14.8 Å². The average Bonchev–Trinajstić information content (AvgIpc) is 2.45. The largest absolute Gasteiger partial charge is 0.490 e. The van der Waals surface area contributed by atoms with Gasteiger partial charge in [-0.2, -0.15) is 0 Å². The second-order valence-electron chi connectivity index (χ2n) is 4.52. The Morgan fingerprint density at radius 3 is 2.60 bits per heavy atom. The Morgan fingerprint density at radius 2 is 2.05 bits per heavy atom. The molecule has 4 nitrogen and oxygen atoms in total. The molecule has 0 aliphatic carbocycles. The molecule has 1 aromatic carbocycles. The Hall–Kier alpha value is -1.81. The molecule has 0 aromatic heterocycles. The van der Waals surface area contributed by atoms with Crippen LogP contribution in [0.4, 0.5) is 0 Å². The van der Waals surface area contributed by atoms with Crippen molar-refractivity contribution in [3.05, 3.63) is 42.0 Å². The molecule has 1 rings (SSSR count). The first-order valence-electron chi connectivity index (χ1n) is 6.79. The molecule has 1 atom stereocenters. The third-order valence-electron chi connectivity index (χ3n) is 2.88. The van der Waals surface area contributed by atoms with Crippen molar-refractivity contribution in [3.8, 4) is 5.75 Å². The van der Waals surface area contributed by atoms with E-state index in [0.717, 1.165) is 12.2 Å². The highest BCUT2D eigenvalue weighted by Crippen LogP contribution is 2.13. The molecular formula is C16H23NO3. The second-order valence-corrected chi connectivity index (χ2v) is 4.52. The van der Waals surface area contributed by atoms with Crippen LogP contribution in [-0.2, 0) is 16.0 Å². The standard InChI is InChI=1S/C16H23NO3/c1-4-5-10-19-16-8-6-14(7-9-16)11-15(17-3)12-20-13(2)18/h4-9,15,17H,10-12H2,1-3H3. The van der Waals surface area contributed by atoms with Gasteiger partial charge >= 0.3 is 5.97 Å². The lowest BCUT2D eigenvalue weighted by atomic mass is 10.1. The topological polar surface area (TPSA) is 47.6 Å². The van der Waals surface area contributed by atoms with Crippen LogP contribution in [-0.4, -0.2) is 32.3 Å². The molecule has 0 saturated carbocycles. The van der Waals surface area contributed by atoms with Gasteiger partial charge in [-0.3, -0.25) is 4.79 Å². The van der Waals surface area contributed by atoms with E-state index in [1.165, 1.54) is 12.5 Å². The van der Waals surface area contributed by atoms with Crippen LogP contribution < -0.4 is 10.1 Å². The molecule has 0 amide bonds. The molecular weight excluding hydrogens is 254 g/mol. The van der Waals surface area contributed by atoms with Gasteiger partial charge in [-0.1, -0.05) is 24.3 Å². The van der Waals surface area contributed by atoms with Gasteiger partial charge in [0.15, 0.2) is 0 Å². The third kappa shape index (κ3) is 6.38. The zero-order valence-corrected chi connectivity index (χ0v) is 12.4. The van der Waals surface area contributed by atoms with Crippen LogP contribution in [0.15, 0.2) is 36.4 Å². The number of carbonyl (C=O) groups is 1. The second kappa shape index (κ2) is 9.15. The Bertz CT molecular complexity index is 426. The quantitative estimate of drug-likeness (QED) is 0.585. The van der Waals surface area contributed by atoms with Crippen molar-refractivity contribution in [2.75, 3.05) is 20.3 Å². The summed E-state index contributed by atoms with van der Waals surface area (Å²) in [5.74, 6) is 0.603. The summed E-state index contributed by atoms with van der Waals surface area (Å²) in [6, 6.07) is 8.09. The van der Waals surface area contributed by atoms with Gasteiger partial charge in [0.1, 0.15) is 19.0 Å². The Labute approximate surface area is 120 Å². The number of benzene rings is 1. The summed E-state index contributed by atoms with van der Waals surface area (Å²) in [4.78, 5) is 10.8. The van der Waals surface area contributed by atoms with E-state index in [1.807, 2.05) is 50.4 Å². The lowest BCUT2D eigenvalue weighted by molar-refractivity contribution is -0.141. The molecule has 110 valence electrons. The van der Waals surface area contributed by atoms with E-state index in [4.69, 9.17) is 9.47 Å². The van der Waals surface area contributed by atoms with E-state index in [9.17, 15) is 4.79 Å². The highest BCUT2D eigenvalue weighted by molar-refractivity contribution is 5.65. The number of allylic oxidation sites excluding steroid dienone is 1. The number of rotatable bonds is 8. The lowest BCUT2D eigenvalue weighted by Crippen LogP contribution is -2.33. The maximum absolute atomic E-state index is 10.8. The van der Waals surface area contributed by atoms with Crippen molar-refractivity contribution in [2.24, 2.45) is 0 Å². The van der Waals surface area contributed by atoms with Crippen LogP contribution in [0.25, 0.3) is 0 Å². The van der Waals surface area contributed by atoms with E-state index in [2.05, 4.69) is 5.32 Å². The third-order valence-corrected chi connectivity index (χ3v) is 2.88. The maximum atomic E-state index is 10.8. The first kappa shape index (κ1) is 16.2. The molecule has 4 heteroatoms. The van der Waals surface area contributed by atoms with Crippen molar-refractivity contribution in [1.82, 2.24) is 5.32 Å². The average molecular weight is 277 g/mol.